The molecular weight excluding hydrogens is 330 g/mol. The van der Waals surface area contributed by atoms with E-state index in [1.807, 2.05) is 61.5 Å². The molecule has 0 saturated carbocycles. The number of para-hydroxylation sites is 1. The van der Waals surface area contributed by atoms with E-state index in [2.05, 4.69) is 5.32 Å². The van der Waals surface area contributed by atoms with Crippen molar-refractivity contribution < 1.29 is 14.3 Å². The van der Waals surface area contributed by atoms with Crippen molar-refractivity contribution in [3.63, 3.8) is 0 Å². The highest BCUT2D eigenvalue weighted by Gasteiger charge is 2.32. The normalized spacial score (nSPS) is 16.5. The second-order valence-corrected chi connectivity index (χ2v) is 6.18. The molecule has 26 heavy (non-hydrogen) atoms. The molecule has 2 aromatic carbocycles. The van der Waals surface area contributed by atoms with Crippen LogP contribution in [0.15, 0.2) is 54.6 Å². The van der Waals surface area contributed by atoms with E-state index in [4.69, 9.17) is 4.74 Å². The van der Waals surface area contributed by atoms with Gasteiger partial charge >= 0.3 is 6.03 Å². The SMILES string of the molecule is CCOc1ccc(N2CC(NC(=O)N(C)c3ccccc3)CC2=O)cc1. The maximum atomic E-state index is 12.4. The Morgan fingerprint density at radius 1 is 1.19 bits per heavy atom. The highest BCUT2D eigenvalue weighted by Crippen LogP contribution is 2.24. The number of ether oxygens (including phenoxy) is 1. The fourth-order valence-corrected chi connectivity index (χ4v) is 2.98. The molecule has 2 aromatic rings. The van der Waals surface area contributed by atoms with Crippen molar-refractivity contribution in [3.8, 4) is 5.75 Å². The first-order valence-corrected chi connectivity index (χ1v) is 8.71. The smallest absolute Gasteiger partial charge is 0.321 e. The zero-order valence-corrected chi connectivity index (χ0v) is 15.0. The maximum absolute atomic E-state index is 12.4. The maximum Gasteiger partial charge on any atom is 0.321 e. The van der Waals surface area contributed by atoms with Crippen molar-refractivity contribution >= 4 is 23.3 Å². The summed E-state index contributed by atoms with van der Waals surface area (Å²) in [5.74, 6) is 0.777. The first kappa shape index (κ1) is 17.8. The van der Waals surface area contributed by atoms with Crippen LogP contribution in [0.3, 0.4) is 0 Å². The van der Waals surface area contributed by atoms with Crippen LogP contribution in [0.1, 0.15) is 13.3 Å². The van der Waals surface area contributed by atoms with Gasteiger partial charge in [-0.1, -0.05) is 18.2 Å². The van der Waals surface area contributed by atoms with Crippen LogP contribution >= 0.6 is 0 Å². The molecule has 1 unspecified atom stereocenters. The summed E-state index contributed by atoms with van der Waals surface area (Å²) >= 11 is 0. The lowest BCUT2D eigenvalue weighted by Gasteiger charge is -2.21. The van der Waals surface area contributed by atoms with Gasteiger partial charge in [0.05, 0.1) is 12.6 Å². The predicted octanol–water partition coefficient (Wildman–Crippen LogP) is 3.04. The second kappa shape index (κ2) is 7.91. The summed E-state index contributed by atoms with van der Waals surface area (Å²) < 4.78 is 5.43. The Hall–Kier alpha value is -3.02. The van der Waals surface area contributed by atoms with Crippen molar-refractivity contribution in [2.24, 2.45) is 0 Å². The molecule has 1 atom stereocenters. The molecule has 0 bridgehead atoms. The van der Waals surface area contributed by atoms with Crippen LogP contribution in [0.5, 0.6) is 5.75 Å². The van der Waals surface area contributed by atoms with Gasteiger partial charge in [-0.3, -0.25) is 9.69 Å². The van der Waals surface area contributed by atoms with E-state index >= 15 is 0 Å². The lowest BCUT2D eigenvalue weighted by atomic mass is 10.2. The molecule has 1 aliphatic heterocycles. The quantitative estimate of drug-likeness (QED) is 0.899. The highest BCUT2D eigenvalue weighted by atomic mass is 16.5. The highest BCUT2D eigenvalue weighted by molar-refractivity contribution is 5.98. The molecule has 0 radical (unpaired) electrons. The predicted molar refractivity (Wildman–Crippen MR) is 102 cm³/mol. The standard InChI is InChI=1S/C20H23N3O3/c1-3-26-18-11-9-17(10-12-18)23-14-15(13-19(23)24)21-20(25)22(2)16-7-5-4-6-8-16/h4-12,15H,3,13-14H2,1-2H3,(H,21,25). The number of anilines is 2. The number of rotatable bonds is 5. The number of nitrogens with zero attached hydrogens (tertiary/aromatic N) is 2. The van der Waals surface area contributed by atoms with Crippen molar-refractivity contribution in [1.82, 2.24) is 5.32 Å². The monoisotopic (exact) mass is 353 g/mol. The fraction of sp³-hybridized carbons (Fsp3) is 0.300. The van der Waals surface area contributed by atoms with E-state index in [9.17, 15) is 9.59 Å². The summed E-state index contributed by atoms with van der Waals surface area (Å²) in [4.78, 5) is 28.0. The third kappa shape index (κ3) is 3.96. The van der Waals surface area contributed by atoms with Crippen LogP contribution in [0.4, 0.5) is 16.2 Å². The molecule has 1 aliphatic rings. The lowest BCUT2D eigenvalue weighted by molar-refractivity contribution is -0.117. The number of nitrogens with one attached hydrogen (secondary N) is 1. The number of hydrogen-bond donors (Lipinski definition) is 1. The van der Waals surface area contributed by atoms with Gasteiger partial charge in [0, 0.05) is 31.4 Å². The van der Waals surface area contributed by atoms with Crippen LogP contribution in [0.25, 0.3) is 0 Å². The minimum Gasteiger partial charge on any atom is -0.494 e. The van der Waals surface area contributed by atoms with E-state index in [-0.39, 0.29) is 18.0 Å². The van der Waals surface area contributed by atoms with E-state index in [0.717, 1.165) is 17.1 Å². The molecule has 1 N–H and O–H groups in total. The Balaban J connectivity index is 1.61. The molecule has 3 amide bonds. The Morgan fingerprint density at radius 3 is 2.54 bits per heavy atom. The third-order valence-electron chi connectivity index (χ3n) is 4.36. The van der Waals surface area contributed by atoms with Gasteiger partial charge in [-0.25, -0.2) is 4.79 Å². The molecule has 1 heterocycles. The van der Waals surface area contributed by atoms with Gasteiger partial charge in [-0.2, -0.15) is 0 Å². The molecular formula is C20H23N3O3. The first-order chi connectivity index (χ1) is 12.6. The van der Waals surface area contributed by atoms with Gasteiger partial charge in [0.25, 0.3) is 0 Å². The zero-order valence-electron chi connectivity index (χ0n) is 15.0. The third-order valence-corrected chi connectivity index (χ3v) is 4.36. The largest absolute Gasteiger partial charge is 0.494 e. The van der Waals surface area contributed by atoms with Crippen molar-refractivity contribution in [1.29, 1.82) is 0 Å². The van der Waals surface area contributed by atoms with Crippen LogP contribution < -0.4 is 19.9 Å². The minimum absolute atomic E-state index is 0.00169. The number of carbonyl (C=O) groups excluding carboxylic acids is 2. The fourth-order valence-electron chi connectivity index (χ4n) is 2.98. The molecule has 136 valence electrons. The average Bonchev–Trinajstić information content (AvgIpc) is 3.03. The number of amides is 3. The van der Waals surface area contributed by atoms with Crippen LogP contribution in [0.2, 0.25) is 0 Å². The molecule has 6 heteroatoms. The van der Waals surface area contributed by atoms with Gasteiger partial charge in [0.1, 0.15) is 5.75 Å². The van der Waals surface area contributed by atoms with Gasteiger partial charge in [0.15, 0.2) is 0 Å². The van der Waals surface area contributed by atoms with E-state index < -0.39 is 0 Å². The molecule has 6 nitrogen and oxygen atoms in total. The molecule has 3 rings (SSSR count). The topological polar surface area (TPSA) is 61.9 Å². The van der Waals surface area contributed by atoms with Gasteiger partial charge < -0.3 is 15.0 Å². The summed E-state index contributed by atoms with van der Waals surface area (Å²) in [6.45, 7) is 2.99. The zero-order chi connectivity index (χ0) is 18.5. The number of carbonyl (C=O) groups is 2. The van der Waals surface area contributed by atoms with E-state index in [1.165, 1.54) is 0 Å². The van der Waals surface area contributed by atoms with Gasteiger partial charge in [0.2, 0.25) is 5.91 Å². The first-order valence-electron chi connectivity index (χ1n) is 8.71. The number of hydrogen-bond acceptors (Lipinski definition) is 3. The van der Waals surface area contributed by atoms with E-state index in [0.29, 0.717) is 19.6 Å². The summed E-state index contributed by atoms with van der Waals surface area (Å²) in [5.41, 5.74) is 1.62. The van der Waals surface area contributed by atoms with Gasteiger partial charge in [-0.15, -0.1) is 0 Å². The lowest BCUT2D eigenvalue weighted by Crippen LogP contribution is -2.44. The average molecular weight is 353 g/mol. The van der Waals surface area contributed by atoms with E-state index in [1.54, 1.807) is 16.8 Å². The van der Waals surface area contributed by atoms with Crippen LogP contribution in [-0.2, 0) is 4.79 Å². The Bertz CT molecular complexity index is 762. The Labute approximate surface area is 153 Å². The van der Waals surface area contributed by atoms with Crippen LogP contribution in [-0.4, -0.2) is 38.2 Å². The Kier molecular flexibility index (Phi) is 5.41. The van der Waals surface area contributed by atoms with Crippen molar-refractivity contribution in [3.05, 3.63) is 54.6 Å². The molecule has 0 spiro atoms. The summed E-state index contributed by atoms with van der Waals surface area (Å²) in [5, 5.41) is 2.94. The molecule has 1 saturated heterocycles. The van der Waals surface area contributed by atoms with Crippen LogP contribution in [0, 0.1) is 0 Å². The second-order valence-electron chi connectivity index (χ2n) is 6.18. The molecule has 0 aliphatic carbocycles. The molecule has 0 aromatic heterocycles. The van der Waals surface area contributed by atoms with Crippen molar-refractivity contribution in [2.75, 3.05) is 30.0 Å². The van der Waals surface area contributed by atoms with Crippen molar-refractivity contribution in [2.45, 2.75) is 19.4 Å². The number of urea groups is 1. The minimum atomic E-state index is -0.220. The summed E-state index contributed by atoms with van der Waals surface area (Å²) in [7, 11) is 1.71. The summed E-state index contributed by atoms with van der Waals surface area (Å²) in [6, 6.07) is 16.4. The Morgan fingerprint density at radius 2 is 1.88 bits per heavy atom. The summed E-state index contributed by atoms with van der Waals surface area (Å²) in [6.07, 6.45) is 0.293. The molecule has 1 fully saturated rings. The van der Waals surface area contributed by atoms with Gasteiger partial charge in [-0.05, 0) is 43.3 Å². The number of benzene rings is 2.